The minimum absolute atomic E-state index is 0.00852. The third kappa shape index (κ3) is 3.21. The van der Waals surface area contributed by atoms with E-state index in [1.54, 1.807) is 7.11 Å². The molecule has 0 amide bonds. The van der Waals surface area contributed by atoms with E-state index in [1.807, 2.05) is 18.9 Å². The average molecular weight is 216 g/mol. The first kappa shape index (κ1) is 11.4. The molecule has 1 heterocycles. The quantitative estimate of drug-likeness (QED) is 0.764. The molecule has 1 unspecified atom stereocenters. The molecule has 0 aromatic carbocycles. The van der Waals surface area contributed by atoms with Crippen molar-refractivity contribution in [3.8, 4) is 0 Å². The Morgan fingerprint density at radius 2 is 2.36 bits per heavy atom. The molecule has 0 spiro atoms. The van der Waals surface area contributed by atoms with Crippen LogP contribution >= 0.6 is 11.5 Å². The van der Waals surface area contributed by atoms with E-state index in [2.05, 4.69) is 9.36 Å². The molecule has 0 saturated heterocycles. The van der Waals surface area contributed by atoms with Gasteiger partial charge in [0.1, 0.15) is 5.82 Å². The molecule has 6 heteroatoms. The summed E-state index contributed by atoms with van der Waals surface area (Å²) in [5.41, 5.74) is 5.82. The smallest absolute Gasteiger partial charge is 0.204 e. The lowest BCUT2D eigenvalue weighted by atomic mass is 10.3. The second-order valence-electron chi connectivity index (χ2n) is 3.22. The highest BCUT2D eigenvalue weighted by molar-refractivity contribution is 7.09. The summed E-state index contributed by atoms with van der Waals surface area (Å²) in [6, 6.07) is 0.00852. The van der Waals surface area contributed by atoms with Gasteiger partial charge in [-0.15, -0.1) is 0 Å². The molecule has 0 fully saturated rings. The highest BCUT2D eigenvalue weighted by atomic mass is 32.1. The van der Waals surface area contributed by atoms with Crippen LogP contribution in [0.3, 0.4) is 0 Å². The molecule has 1 aromatic rings. The number of anilines is 1. The van der Waals surface area contributed by atoms with Gasteiger partial charge >= 0.3 is 0 Å². The van der Waals surface area contributed by atoms with Crippen LogP contribution in [0.4, 0.5) is 5.13 Å². The zero-order chi connectivity index (χ0) is 10.6. The van der Waals surface area contributed by atoms with Gasteiger partial charge < -0.3 is 15.4 Å². The number of aromatic nitrogens is 2. The monoisotopic (exact) mass is 216 g/mol. The van der Waals surface area contributed by atoms with Gasteiger partial charge in [0, 0.05) is 38.3 Å². The molecule has 5 nitrogen and oxygen atoms in total. The molecule has 0 saturated carbocycles. The second kappa shape index (κ2) is 5.23. The Morgan fingerprint density at radius 3 is 2.86 bits per heavy atom. The number of hydrogen-bond donors (Lipinski definition) is 1. The first-order chi connectivity index (χ1) is 6.63. The van der Waals surface area contributed by atoms with Gasteiger partial charge in [-0.2, -0.15) is 4.37 Å². The van der Waals surface area contributed by atoms with E-state index in [0.717, 1.165) is 17.5 Å². The molecule has 80 valence electrons. The van der Waals surface area contributed by atoms with Crippen molar-refractivity contribution in [2.45, 2.75) is 13.0 Å². The summed E-state index contributed by atoms with van der Waals surface area (Å²) in [5, 5.41) is 0.897. The first-order valence-electron chi connectivity index (χ1n) is 4.39. The fraction of sp³-hybridized carbons (Fsp3) is 0.750. The van der Waals surface area contributed by atoms with Crippen LogP contribution in [-0.2, 0) is 4.74 Å². The Kier molecular flexibility index (Phi) is 4.24. The van der Waals surface area contributed by atoms with Gasteiger partial charge in [-0.25, -0.2) is 4.98 Å². The number of nitrogens with two attached hydrogens (primary N) is 1. The lowest BCUT2D eigenvalue weighted by Gasteiger charge is -2.19. The lowest BCUT2D eigenvalue weighted by molar-refractivity contribution is 0.181. The van der Waals surface area contributed by atoms with Crippen molar-refractivity contribution < 1.29 is 4.74 Å². The summed E-state index contributed by atoms with van der Waals surface area (Å²) >= 11 is 1.39. The second-order valence-corrected chi connectivity index (χ2v) is 3.95. The SMILES string of the molecule is COCC(N)CN(C)c1nc(C)ns1. The summed E-state index contributed by atoms with van der Waals surface area (Å²) in [7, 11) is 3.60. The van der Waals surface area contributed by atoms with E-state index in [-0.39, 0.29) is 6.04 Å². The largest absolute Gasteiger partial charge is 0.383 e. The molecule has 2 N–H and O–H groups in total. The van der Waals surface area contributed by atoms with Crippen LogP contribution in [0.25, 0.3) is 0 Å². The number of methoxy groups -OCH3 is 1. The van der Waals surface area contributed by atoms with E-state index in [0.29, 0.717) is 6.61 Å². The number of nitrogens with zero attached hydrogens (tertiary/aromatic N) is 3. The molecule has 0 bridgehead atoms. The van der Waals surface area contributed by atoms with Crippen LogP contribution in [0.5, 0.6) is 0 Å². The summed E-state index contributed by atoms with van der Waals surface area (Å²) < 4.78 is 9.07. The highest BCUT2D eigenvalue weighted by Crippen LogP contribution is 2.14. The maximum Gasteiger partial charge on any atom is 0.204 e. The van der Waals surface area contributed by atoms with Crippen LogP contribution in [-0.4, -0.2) is 42.7 Å². The predicted molar refractivity (Wildman–Crippen MR) is 57.8 cm³/mol. The Hall–Kier alpha value is -0.720. The molecule has 1 rings (SSSR count). The molecule has 0 aliphatic rings. The third-order valence-corrected chi connectivity index (χ3v) is 2.65. The van der Waals surface area contributed by atoms with Crippen molar-refractivity contribution in [2.24, 2.45) is 5.73 Å². The van der Waals surface area contributed by atoms with Crippen molar-refractivity contribution in [3.05, 3.63) is 5.82 Å². The van der Waals surface area contributed by atoms with Crippen molar-refractivity contribution in [3.63, 3.8) is 0 Å². The predicted octanol–water partition coefficient (Wildman–Crippen LogP) is 0.256. The van der Waals surface area contributed by atoms with E-state index in [4.69, 9.17) is 10.5 Å². The molecule has 1 aromatic heterocycles. The molecular formula is C8H16N4OS. The van der Waals surface area contributed by atoms with Crippen molar-refractivity contribution in [1.82, 2.24) is 9.36 Å². The van der Waals surface area contributed by atoms with Crippen molar-refractivity contribution in [1.29, 1.82) is 0 Å². The fourth-order valence-electron chi connectivity index (χ4n) is 1.14. The number of hydrogen-bond acceptors (Lipinski definition) is 6. The zero-order valence-corrected chi connectivity index (χ0v) is 9.54. The summed E-state index contributed by atoms with van der Waals surface area (Å²) in [5.74, 6) is 0.803. The van der Waals surface area contributed by atoms with Gasteiger partial charge in [-0.05, 0) is 6.92 Å². The van der Waals surface area contributed by atoms with E-state index >= 15 is 0 Å². The van der Waals surface area contributed by atoms with Crippen LogP contribution in [0.15, 0.2) is 0 Å². The van der Waals surface area contributed by atoms with E-state index in [1.165, 1.54) is 11.5 Å². The first-order valence-corrected chi connectivity index (χ1v) is 5.16. The summed E-state index contributed by atoms with van der Waals surface area (Å²) in [4.78, 5) is 6.26. The fourth-order valence-corrected chi connectivity index (χ4v) is 1.78. The van der Waals surface area contributed by atoms with E-state index in [9.17, 15) is 0 Å². The standard InChI is InChI=1S/C8H16N4OS/c1-6-10-8(14-11-6)12(2)4-7(9)5-13-3/h7H,4-5,9H2,1-3H3. The van der Waals surface area contributed by atoms with Crippen molar-refractivity contribution >= 4 is 16.7 Å². The van der Waals surface area contributed by atoms with Gasteiger partial charge in [-0.1, -0.05) is 0 Å². The minimum atomic E-state index is 0.00852. The topological polar surface area (TPSA) is 64.3 Å². The Bertz CT molecular complexity index is 278. The Balaban J connectivity index is 2.45. The van der Waals surface area contributed by atoms with Gasteiger partial charge in [0.05, 0.1) is 6.61 Å². The normalized spacial score (nSPS) is 12.9. The van der Waals surface area contributed by atoms with Gasteiger partial charge in [0.25, 0.3) is 0 Å². The van der Waals surface area contributed by atoms with Crippen LogP contribution in [0, 0.1) is 6.92 Å². The summed E-state index contributed by atoms with van der Waals surface area (Å²) in [6.07, 6.45) is 0. The average Bonchev–Trinajstić information content (AvgIpc) is 2.52. The van der Waals surface area contributed by atoms with Gasteiger partial charge in [0.15, 0.2) is 0 Å². The maximum absolute atomic E-state index is 5.82. The van der Waals surface area contributed by atoms with Gasteiger partial charge in [-0.3, -0.25) is 0 Å². The molecule has 0 aliphatic carbocycles. The van der Waals surface area contributed by atoms with Crippen LogP contribution < -0.4 is 10.6 Å². The van der Waals surface area contributed by atoms with E-state index < -0.39 is 0 Å². The highest BCUT2D eigenvalue weighted by Gasteiger charge is 2.10. The van der Waals surface area contributed by atoms with Gasteiger partial charge in [0.2, 0.25) is 5.13 Å². The summed E-state index contributed by atoms with van der Waals surface area (Å²) in [6.45, 7) is 3.16. The number of likely N-dealkylation sites (N-methyl/N-ethyl adjacent to an activating group) is 1. The van der Waals surface area contributed by atoms with Crippen molar-refractivity contribution in [2.75, 3.05) is 32.2 Å². The van der Waals surface area contributed by atoms with Crippen LogP contribution in [0.2, 0.25) is 0 Å². The molecule has 0 radical (unpaired) electrons. The number of ether oxygens (including phenoxy) is 1. The Morgan fingerprint density at radius 1 is 1.64 bits per heavy atom. The number of rotatable bonds is 5. The molecular weight excluding hydrogens is 200 g/mol. The maximum atomic E-state index is 5.82. The number of aryl methyl sites for hydroxylation is 1. The molecule has 0 aliphatic heterocycles. The molecule has 1 atom stereocenters. The van der Waals surface area contributed by atoms with Crippen LogP contribution in [0.1, 0.15) is 5.82 Å². The lowest BCUT2D eigenvalue weighted by Crippen LogP contribution is -2.38. The third-order valence-electron chi connectivity index (χ3n) is 1.73. The minimum Gasteiger partial charge on any atom is -0.383 e. The zero-order valence-electron chi connectivity index (χ0n) is 8.73. The Labute approximate surface area is 88.1 Å². The molecule has 14 heavy (non-hydrogen) atoms.